The van der Waals surface area contributed by atoms with Gasteiger partial charge in [0.2, 0.25) is 0 Å². The fourth-order valence-corrected chi connectivity index (χ4v) is 1.46. The Bertz CT molecular complexity index is 577. The lowest BCUT2D eigenvalue weighted by Crippen LogP contribution is -2.16. The number of hydrogen-bond acceptors (Lipinski definition) is 4. The SMILES string of the molecule is Cc1ccc(NC(=O)Oc2ccc(N=O)cc2)cc1. The summed E-state index contributed by atoms with van der Waals surface area (Å²) in [7, 11) is 0. The highest BCUT2D eigenvalue weighted by Crippen LogP contribution is 2.18. The van der Waals surface area contributed by atoms with Crippen LogP contribution in [0.25, 0.3) is 0 Å². The summed E-state index contributed by atoms with van der Waals surface area (Å²) in [4.78, 5) is 21.8. The summed E-state index contributed by atoms with van der Waals surface area (Å²) in [5.41, 5.74) is 2.05. The Hall–Kier alpha value is -2.69. The standard InChI is InChI=1S/C14H12N2O3/c1-10-2-4-11(5-3-10)15-14(17)19-13-8-6-12(16-18)7-9-13/h2-9H,1H3,(H,15,17). The van der Waals surface area contributed by atoms with Crippen LogP contribution < -0.4 is 10.1 Å². The number of nitrogens with one attached hydrogen (secondary N) is 1. The summed E-state index contributed by atoms with van der Waals surface area (Å²) >= 11 is 0. The molecule has 0 bridgehead atoms. The zero-order valence-corrected chi connectivity index (χ0v) is 10.3. The van der Waals surface area contributed by atoms with Crippen molar-refractivity contribution in [3.63, 3.8) is 0 Å². The first-order chi connectivity index (χ1) is 9.17. The minimum absolute atomic E-state index is 0.284. The van der Waals surface area contributed by atoms with Crippen LogP contribution in [0.1, 0.15) is 5.56 Å². The molecule has 0 aliphatic rings. The number of nitroso groups, excluding NO2 is 1. The second-order valence-corrected chi connectivity index (χ2v) is 3.97. The van der Waals surface area contributed by atoms with Crippen molar-refractivity contribution < 1.29 is 9.53 Å². The molecule has 1 N–H and O–H groups in total. The summed E-state index contributed by atoms with van der Waals surface area (Å²) in [5, 5.41) is 5.36. The molecule has 2 aromatic rings. The highest BCUT2D eigenvalue weighted by Gasteiger charge is 2.05. The molecule has 0 atom stereocenters. The van der Waals surface area contributed by atoms with E-state index in [1.807, 2.05) is 19.1 Å². The first kappa shape index (κ1) is 12.8. The smallest absolute Gasteiger partial charge is 0.410 e. The van der Waals surface area contributed by atoms with Gasteiger partial charge in [-0.3, -0.25) is 5.32 Å². The van der Waals surface area contributed by atoms with Gasteiger partial charge in [0, 0.05) is 5.69 Å². The van der Waals surface area contributed by atoms with Gasteiger partial charge in [-0.2, -0.15) is 0 Å². The molecule has 2 aromatic carbocycles. The number of aryl methyl sites for hydroxylation is 1. The molecule has 0 heterocycles. The maximum absolute atomic E-state index is 11.6. The Morgan fingerprint density at radius 3 is 2.26 bits per heavy atom. The van der Waals surface area contributed by atoms with E-state index in [1.165, 1.54) is 24.3 Å². The molecule has 0 aromatic heterocycles. The number of anilines is 1. The van der Waals surface area contributed by atoms with Gasteiger partial charge in [0.25, 0.3) is 0 Å². The number of carbonyl (C=O) groups is 1. The Morgan fingerprint density at radius 2 is 1.68 bits per heavy atom. The van der Waals surface area contributed by atoms with E-state index < -0.39 is 6.09 Å². The molecule has 0 spiro atoms. The van der Waals surface area contributed by atoms with E-state index in [1.54, 1.807) is 12.1 Å². The normalized spacial score (nSPS) is 9.74. The van der Waals surface area contributed by atoms with E-state index >= 15 is 0 Å². The van der Waals surface area contributed by atoms with Crippen molar-refractivity contribution >= 4 is 17.5 Å². The van der Waals surface area contributed by atoms with Crippen LogP contribution in [0, 0.1) is 11.8 Å². The zero-order valence-electron chi connectivity index (χ0n) is 10.3. The fraction of sp³-hybridized carbons (Fsp3) is 0.0714. The molecule has 0 saturated carbocycles. The van der Waals surface area contributed by atoms with Crippen molar-refractivity contribution in [3.8, 4) is 5.75 Å². The molecule has 19 heavy (non-hydrogen) atoms. The van der Waals surface area contributed by atoms with Gasteiger partial charge in [-0.1, -0.05) is 17.7 Å². The van der Waals surface area contributed by atoms with Crippen LogP contribution >= 0.6 is 0 Å². The third-order valence-electron chi connectivity index (χ3n) is 2.45. The molecular formula is C14H12N2O3. The first-order valence-corrected chi connectivity index (χ1v) is 5.66. The quantitative estimate of drug-likeness (QED) is 0.844. The van der Waals surface area contributed by atoms with Gasteiger partial charge >= 0.3 is 6.09 Å². The predicted octanol–water partition coefficient (Wildman–Crippen LogP) is 4.00. The molecule has 0 aliphatic carbocycles. The molecule has 5 nitrogen and oxygen atoms in total. The van der Waals surface area contributed by atoms with E-state index in [4.69, 9.17) is 4.74 Å². The third-order valence-corrected chi connectivity index (χ3v) is 2.45. The van der Waals surface area contributed by atoms with E-state index in [2.05, 4.69) is 10.5 Å². The summed E-state index contributed by atoms with van der Waals surface area (Å²) in [6.45, 7) is 1.96. The van der Waals surface area contributed by atoms with Gasteiger partial charge < -0.3 is 4.74 Å². The number of amides is 1. The van der Waals surface area contributed by atoms with Crippen molar-refractivity contribution in [2.24, 2.45) is 5.18 Å². The Balaban J connectivity index is 1.96. The fourth-order valence-electron chi connectivity index (χ4n) is 1.46. The van der Waals surface area contributed by atoms with Crippen molar-refractivity contribution in [1.82, 2.24) is 0 Å². The van der Waals surface area contributed by atoms with Crippen molar-refractivity contribution in [2.75, 3.05) is 5.32 Å². The molecule has 5 heteroatoms. The molecule has 0 unspecified atom stereocenters. The monoisotopic (exact) mass is 256 g/mol. The van der Waals surface area contributed by atoms with E-state index in [-0.39, 0.29) is 5.69 Å². The average molecular weight is 256 g/mol. The second kappa shape index (κ2) is 5.77. The van der Waals surface area contributed by atoms with Crippen molar-refractivity contribution in [2.45, 2.75) is 6.92 Å². The molecule has 0 radical (unpaired) electrons. The van der Waals surface area contributed by atoms with Crippen LogP contribution in [-0.4, -0.2) is 6.09 Å². The number of ether oxygens (including phenoxy) is 1. The molecule has 0 aliphatic heterocycles. The predicted molar refractivity (Wildman–Crippen MR) is 72.7 cm³/mol. The van der Waals surface area contributed by atoms with Crippen LogP contribution in [0.5, 0.6) is 5.75 Å². The number of hydrogen-bond donors (Lipinski definition) is 1. The van der Waals surface area contributed by atoms with Crippen molar-refractivity contribution in [1.29, 1.82) is 0 Å². The van der Waals surface area contributed by atoms with Gasteiger partial charge in [0.15, 0.2) is 0 Å². The summed E-state index contributed by atoms with van der Waals surface area (Å²) in [6.07, 6.45) is -0.587. The van der Waals surface area contributed by atoms with Crippen LogP contribution in [0.4, 0.5) is 16.2 Å². The van der Waals surface area contributed by atoms with Crippen LogP contribution in [-0.2, 0) is 0 Å². The van der Waals surface area contributed by atoms with Crippen LogP contribution in [0.15, 0.2) is 53.7 Å². The molecule has 96 valence electrons. The van der Waals surface area contributed by atoms with E-state index in [9.17, 15) is 9.70 Å². The number of benzene rings is 2. The molecular weight excluding hydrogens is 244 g/mol. The number of carbonyl (C=O) groups excluding carboxylic acids is 1. The molecule has 0 fully saturated rings. The minimum atomic E-state index is -0.587. The zero-order chi connectivity index (χ0) is 13.7. The first-order valence-electron chi connectivity index (χ1n) is 5.66. The van der Waals surface area contributed by atoms with Crippen LogP contribution in [0.3, 0.4) is 0 Å². The van der Waals surface area contributed by atoms with Gasteiger partial charge in [-0.05, 0) is 48.5 Å². The second-order valence-electron chi connectivity index (χ2n) is 3.97. The Labute approximate surface area is 110 Å². The van der Waals surface area contributed by atoms with E-state index in [0.717, 1.165) is 5.56 Å². The van der Waals surface area contributed by atoms with Gasteiger partial charge in [-0.15, -0.1) is 4.91 Å². The molecule has 1 amide bonds. The van der Waals surface area contributed by atoms with Gasteiger partial charge in [-0.25, -0.2) is 4.79 Å². The summed E-state index contributed by atoms with van der Waals surface area (Å²) in [5.74, 6) is 0.344. The lowest BCUT2D eigenvalue weighted by Gasteiger charge is -2.06. The lowest BCUT2D eigenvalue weighted by atomic mass is 10.2. The average Bonchev–Trinajstić information content (AvgIpc) is 2.42. The molecule has 0 saturated heterocycles. The highest BCUT2D eigenvalue weighted by molar-refractivity contribution is 5.86. The lowest BCUT2D eigenvalue weighted by molar-refractivity contribution is 0.215. The Morgan fingerprint density at radius 1 is 1.05 bits per heavy atom. The highest BCUT2D eigenvalue weighted by atomic mass is 16.6. The van der Waals surface area contributed by atoms with E-state index in [0.29, 0.717) is 11.4 Å². The third kappa shape index (κ3) is 3.64. The maximum atomic E-state index is 11.6. The summed E-state index contributed by atoms with van der Waals surface area (Å²) < 4.78 is 5.05. The van der Waals surface area contributed by atoms with Gasteiger partial charge in [0.1, 0.15) is 11.4 Å². The summed E-state index contributed by atoms with van der Waals surface area (Å²) in [6, 6.07) is 13.3. The Kier molecular flexibility index (Phi) is 3.87. The maximum Gasteiger partial charge on any atom is 0.417 e. The number of nitrogens with zero attached hydrogens (tertiary/aromatic N) is 1. The molecule has 2 rings (SSSR count). The van der Waals surface area contributed by atoms with Crippen molar-refractivity contribution in [3.05, 3.63) is 59.0 Å². The topological polar surface area (TPSA) is 67.8 Å². The van der Waals surface area contributed by atoms with Gasteiger partial charge in [0.05, 0.1) is 0 Å². The number of rotatable bonds is 3. The van der Waals surface area contributed by atoms with Crippen LogP contribution in [0.2, 0.25) is 0 Å². The largest absolute Gasteiger partial charge is 0.417 e. The minimum Gasteiger partial charge on any atom is -0.410 e.